The number of hydrogen-bond acceptors (Lipinski definition) is 2. The van der Waals surface area contributed by atoms with E-state index in [0.29, 0.717) is 37.0 Å². The monoisotopic (exact) mass is 286 g/mol. The van der Waals surface area contributed by atoms with E-state index in [1.54, 1.807) is 4.90 Å². The highest BCUT2D eigenvalue weighted by atomic mass is 16.4. The molecule has 1 N–H and O–H groups in total. The summed E-state index contributed by atoms with van der Waals surface area (Å²) >= 11 is 0. The molecule has 1 amide bonds. The van der Waals surface area contributed by atoms with Crippen molar-refractivity contribution in [2.75, 3.05) is 13.1 Å². The molecule has 1 saturated carbocycles. The first kappa shape index (κ1) is 13.1. The lowest BCUT2D eigenvalue weighted by Crippen LogP contribution is -2.62. The summed E-state index contributed by atoms with van der Waals surface area (Å²) in [7, 11) is 0. The normalized spacial score (nSPS) is 34.7. The average Bonchev–Trinajstić information content (AvgIpc) is 3.23. The minimum absolute atomic E-state index is 0.0331. The molecule has 3 fully saturated rings. The number of rotatable bonds is 2. The number of nitrogens with zero attached hydrogens (tertiary/aromatic N) is 2. The predicted molar refractivity (Wildman–Crippen MR) is 80.1 cm³/mol. The smallest absolute Gasteiger partial charge is 0.407 e. The van der Waals surface area contributed by atoms with Crippen molar-refractivity contribution in [3.05, 3.63) is 35.9 Å². The van der Waals surface area contributed by atoms with Gasteiger partial charge in [0.1, 0.15) is 0 Å². The Morgan fingerprint density at radius 2 is 1.71 bits per heavy atom. The summed E-state index contributed by atoms with van der Waals surface area (Å²) < 4.78 is 0. The number of carbonyl (C=O) groups is 1. The third kappa shape index (κ3) is 1.81. The van der Waals surface area contributed by atoms with E-state index >= 15 is 0 Å². The lowest BCUT2D eigenvalue weighted by atomic mass is 9.88. The summed E-state index contributed by atoms with van der Waals surface area (Å²) in [6.45, 7) is 5.90. The molecule has 4 rings (SSSR count). The molecule has 21 heavy (non-hydrogen) atoms. The molecule has 4 atom stereocenters. The number of carboxylic acid groups (broad SMARTS) is 1. The largest absolute Gasteiger partial charge is 0.465 e. The molecule has 0 radical (unpaired) electrons. The van der Waals surface area contributed by atoms with Crippen molar-refractivity contribution >= 4 is 6.09 Å². The Morgan fingerprint density at radius 1 is 1.14 bits per heavy atom. The molecule has 112 valence electrons. The summed E-state index contributed by atoms with van der Waals surface area (Å²) in [6.07, 6.45) is 0.535. The molecule has 2 heterocycles. The summed E-state index contributed by atoms with van der Waals surface area (Å²) in [6, 6.07) is 11.4. The summed E-state index contributed by atoms with van der Waals surface area (Å²) in [4.78, 5) is 15.6. The second kappa shape index (κ2) is 4.23. The number of piperazine rings is 1. The van der Waals surface area contributed by atoms with Crippen LogP contribution < -0.4 is 0 Å². The number of benzene rings is 1. The van der Waals surface area contributed by atoms with E-state index in [1.165, 1.54) is 12.0 Å². The Bertz CT molecular complexity index is 553. The quantitative estimate of drug-likeness (QED) is 0.909. The third-order valence-corrected chi connectivity index (χ3v) is 5.81. The Kier molecular flexibility index (Phi) is 2.65. The van der Waals surface area contributed by atoms with E-state index in [9.17, 15) is 9.90 Å². The van der Waals surface area contributed by atoms with Crippen LogP contribution in [-0.4, -0.2) is 46.2 Å². The maximum absolute atomic E-state index is 11.3. The van der Waals surface area contributed by atoms with Gasteiger partial charge in [-0.3, -0.25) is 4.90 Å². The molecule has 1 aromatic rings. The number of amides is 1. The molecule has 0 aromatic heterocycles. The summed E-state index contributed by atoms with van der Waals surface area (Å²) in [5.74, 6) is 1.42. The fraction of sp³-hybridized carbons (Fsp3) is 0.588. The van der Waals surface area contributed by atoms with Crippen molar-refractivity contribution in [1.82, 2.24) is 9.80 Å². The first-order valence-corrected chi connectivity index (χ1v) is 7.82. The van der Waals surface area contributed by atoms with Crippen LogP contribution in [0.1, 0.15) is 25.8 Å². The molecule has 3 aliphatic rings. The minimum atomic E-state index is -0.761. The number of hydrogen-bond donors (Lipinski definition) is 1. The molecule has 1 aliphatic carbocycles. The van der Waals surface area contributed by atoms with Crippen molar-refractivity contribution in [1.29, 1.82) is 0 Å². The number of likely N-dealkylation sites (tertiary alicyclic amines) is 1. The molecule has 2 aliphatic heterocycles. The van der Waals surface area contributed by atoms with Crippen LogP contribution in [0.4, 0.5) is 4.79 Å². The second-order valence-corrected chi connectivity index (χ2v) is 7.22. The van der Waals surface area contributed by atoms with Crippen LogP contribution in [0.5, 0.6) is 0 Å². The van der Waals surface area contributed by atoms with Gasteiger partial charge in [0.15, 0.2) is 0 Å². The van der Waals surface area contributed by atoms with Gasteiger partial charge in [-0.15, -0.1) is 0 Å². The van der Waals surface area contributed by atoms with E-state index in [4.69, 9.17) is 0 Å². The fourth-order valence-corrected chi connectivity index (χ4v) is 4.73. The van der Waals surface area contributed by atoms with Gasteiger partial charge in [0.25, 0.3) is 0 Å². The Morgan fingerprint density at radius 3 is 2.24 bits per heavy atom. The molecule has 4 heteroatoms. The van der Waals surface area contributed by atoms with Crippen LogP contribution in [0.2, 0.25) is 0 Å². The maximum Gasteiger partial charge on any atom is 0.407 e. The Hall–Kier alpha value is -1.55. The lowest BCUT2D eigenvalue weighted by Gasteiger charge is -2.50. The van der Waals surface area contributed by atoms with Crippen LogP contribution in [0, 0.1) is 11.8 Å². The van der Waals surface area contributed by atoms with E-state index in [1.807, 2.05) is 6.07 Å². The van der Waals surface area contributed by atoms with Crippen LogP contribution in [-0.2, 0) is 5.54 Å². The van der Waals surface area contributed by atoms with Crippen molar-refractivity contribution in [3.63, 3.8) is 0 Å². The summed E-state index contributed by atoms with van der Waals surface area (Å²) in [5, 5.41) is 9.32. The van der Waals surface area contributed by atoms with Crippen LogP contribution in [0.25, 0.3) is 0 Å². The van der Waals surface area contributed by atoms with Crippen molar-refractivity contribution in [3.8, 4) is 0 Å². The first-order chi connectivity index (χ1) is 10.00. The molecular formula is C17H22N2O2. The average molecular weight is 286 g/mol. The zero-order valence-corrected chi connectivity index (χ0v) is 12.6. The molecule has 0 spiro atoms. The van der Waals surface area contributed by atoms with Gasteiger partial charge in [-0.05, 0) is 37.7 Å². The van der Waals surface area contributed by atoms with E-state index < -0.39 is 6.09 Å². The van der Waals surface area contributed by atoms with Gasteiger partial charge in [0.2, 0.25) is 0 Å². The Balaban J connectivity index is 1.66. The topological polar surface area (TPSA) is 43.8 Å². The zero-order chi connectivity index (χ0) is 14.8. The van der Waals surface area contributed by atoms with Crippen molar-refractivity contribution < 1.29 is 9.90 Å². The highest BCUT2D eigenvalue weighted by molar-refractivity contribution is 5.65. The fourth-order valence-electron chi connectivity index (χ4n) is 4.73. The van der Waals surface area contributed by atoms with Crippen LogP contribution in [0.3, 0.4) is 0 Å². The lowest BCUT2D eigenvalue weighted by molar-refractivity contribution is -0.0226. The first-order valence-electron chi connectivity index (χ1n) is 7.82. The van der Waals surface area contributed by atoms with Gasteiger partial charge in [-0.2, -0.15) is 0 Å². The minimum Gasteiger partial charge on any atom is -0.465 e. The Labute approximate surface area is 125 Å². The van der Waals surface area contributed by atoms with Gasteiger partial charge in [0.05, 0.1) is 0 Å². The van der Waals surface area contributed by atoms with Gasteiger partial charge >= 0.3 is 6.09 Å². The van der Waals surface area contributed by atoms with Gasteiger partial charge in [0, 0.05) is 30.7 Å². The molecule has 2 saturated heterocycles. The molecular weight excluding hydrogens is 264 g/mol. The molecule has 4 nitrogen and oxygen atoms in total. The van der Waals surface area contributed by atoms with Crippen molar-refractivity contribution in [2.45, 2.75) is 37.9 Å². The third-order valence-electron chi connectivity index (χ3n) is 5.81. The SMILES string of the molecule is CC(C)(c1ccccc1)N1[C@@H]2CN(C(=O)O)C[C@H]1[C@@H]1C[C@@H]12. The molecule has 2 bridgehead atoms. The standard InChI is InChI=1S/C17H22N2O2/c1-17(2,11-6-4-3-5-7-11)19-14-9-18(16(20)21)10-15(19)13-8-12(13)14/h3-7,12-15H,8-10H2,1-2H3,(H,20,21)/t12-,13+,14+,15-. The molecule has 0 unspecified atom stereocenters. The van der Waals surface area contributed by atoms with E-state index in [-0.39, 0.29) is 5.54 Å². The summed E-state index contributed by atoms with van der Waals surface area (Å²) in [5.41, 5.74) is 1.29. The number of piperidine rings is 1. The highest BCUT2D eigenvalue weighted by Gasteiger charge is 2.64. The van der Waals surface area contributed by atoms with E-state index in [0.717, 1.165) is 0 Å². The second-order valence-electron chi connectivity index (χ2n) is 7.22. The van der Waals surface area contributed by atoms with Crippen LogP contribution in [0.15, 0.2) is 30.3 Å². The van der Waals surface area contributed by atoms with Gasteiger partial charge < -0.3 is 10.0 Å². The highest BCUT2D eigenvalue weighted by Crippen LogP contribution is 2.58. The van der Waals surface area contributed by atoms with E-state index in [2.05, 4.69) is 43.0 Å². The van der Waals surface area contributed by atoms with Gasteiger partial charge in [-0.1, -0.05) is 30.3 Å². The van der Waals surface area contributed by atoms with Crippen molar-refractivity contribution in [2.24, 2.45) is 11.8 Å². The van der Waals surface area contributed by atoms with Crippen LogP contribution >= 0.6 is 0 Å². The predicted octanol–water partition coefficient (Wildman–Crippen LogP) is 2.60. The zero-order valence-electron chi connectivity index (χ0n) is 12.6. The van der Waals surface area contributed by atoms with Gasteiger partial charge in [-0.25, -0.2) is 4.79 Å². The maximum atomic E-state index is 11.3. The number of fused-ring (bicyclic) bond motifs is 5. The molecule has 1 aromatic carbocycles.